The number of nitrogens with one attached hydrogen (secondary N) is 1. The zero-order valence-corrected chi connectivity index (χ0v) is 8.45. The maximum atomic E-state index is 5.60. The lowest BCUT2D eigenvalue weighted by Gasteiger charge is -2.23. The second kappa shape index (κ2) is 3.92. The fraction of sp³-hybridized carbons (Fsp3) is 0.600. The zero-order chi connectivity index (χ0) is 9.97. The van der Waals surface area contributed by atoms with Crippen molar-refractivity contribution in [2.75, 3.05) is 19.3 Å². The molecule has 3 N–H and O–H groups in total. The van der Waals surface area contributed by atoms with Gasteiger partial charge in [0.15, 0.2) is 0 Å². The Labute approximate surface area is 83.9 Å². The number of hydrogen-bond donors (Lipinski definition) is 2. The Hall–Kier alpha value is -1.16. The summed E-state index contributed by atoms with van der Waals surface area (Å²) in [5.74, 6) is 0.904. The van der Waals surface area contributed by atoms with Crippen molar-refractivity contribution in [3.63, 3.8) is 0 Å². The molecule has 0 aromatic carbocycles. The number of anilines is 1. The molecule has 0 aliphatic heterocycles. The summed E-state index contributed by atoms with van der Waals surface area (Å²) in [7, 11) is 1.97. The normalized spacial score (nSPS) is 20.5. The third-order valence-corrected chi connectivity index (χ3v) is 2.75. The maximum Gasteiger partial charge on any atom is 0.220 e. The van der Waals surface area contributed by atoms with E-state index in [0.29, 0.717) is 11.9 Å². The molecule has 0 radical (unpaired) electrons. The van der Waals surface area contributed by atoms with E-state index in [9.17, 15) is 0 Å². The van der Waals surface area contributed by atoms with E-state index in [2.05, 4.69) is 15.3 Å². The molecule has 1 atom stereocenters. The number of hydrogen-bond acceptors (Lipinski definition) is 4. The zero-order valence-electron chi connectivity index (χ0n) is 8.45. The van der Waals surface area contributed by atoms with Gasteiger partial charge in [-0.25, -0.2) is 9.97 Å². The van der Waals surface area contributed by atoms with Crippen LogP contribution in [0.2, 0.25) is 0 Å². The van der Waals surface area contributed by atoms with E-state index in [1.54, 1.807) is 0 Å². The average Bonchev–Trinajstić information content (AvgIpc) is 2.19. The smallest absolute Gasteiger partial charge is 0.220 e. The lowest BCUT2D eigenvalue weighted by molar-refractivity contribution is 0.514. The molecule has 0 fully saturated rings. The first-order valence-corrected chi connectivity index (χ1v) is 5.07. The molecule has 0 spiro atoms. The third kappa shape index (κ3) is 1.70. The minimum absolute atomic E-state index is 0.395. The number of aryl methyl sites for hydroxylation is 1. The van der Waals surface area contributed by atoms with Crippen LogP contribution in [0.4, 0.5) is 5.95 Å². The lowest BCUT2D eigenvalue weighted by Crippen LogP contribution is -2.23. The summed E-state index contributed by atoms with van der Waals surface area (Å²) in [6, 6.07) is 0. The van der Waals surface area contributed by atoms with Gasteiger partial charge in [-0.3, -0.25) is 0 Å². The Morgan fingerprint density at radius 1 is 1.64 bits per heavy atom. The summed E-state index contributed by atoms with van der Waals surface area (Å²) in [4.78, 5) is 8.37. The summed E-state index contributed by atoms with van der Waals surface area (Å²) in [5, 5.41) is 3.20. The van der Waals surface area contributed by atoms with Gasteiger partial charge in [0.05, 0.1) is 5.69 Å². The minimum Gasteiger partial charge on any atom is -0.368 e. The van der Waals surface area contributed by atoms with Crippen molar-refractivity contribution in [2.45, 2.75) is 25.2 Å². The van der Waals surface area contributed by atoms with Crippen molar-refractivity contribution in [2.24, 2.45) is 0 Å². The Bertz CT molecular complexity index is 324. The molecule has 0 saturated heterocycles. The predicted molar refractivity (Wildman–Crippen MR) is 56.1 cm³/mol. The van der Waals surface area contributed by atoms with E-state index in [-0.39, 0.29) is 0 Å². The minimum atomic E-state index is 0.395. The Kier molecular flexibility index (Phi) is 2.63. The van der Waals surface area contributed by atoms with E-state index in [0.717, 1.165) is 18.7 Å². The van der Waals surface area contributed by atoms with Gasteiger partial charge in [-0.15, -0.1) is 0 Å². The van der Waals surface area contributed by atoms with Crippen LogP contribution in [0, 0.1) is 0 Å². The van der Waals surface area contributed by atoms with Gasteiger partial charge in [0.1, 0.15) is 0 Å². The Morgan fingerprint density at radius 3 is 3.29 bits per heavy atom. The van der Waals surface area contributed by atoms with Crippen LogP contribution in [-0.2, 0) is 6.42 Å². The van der Waals surface area contributed by atoms with Crippen molar-refractivity contribution in [1.29, 1.82) is 0 Å². The van der Waals surface area contributed by atoms with Crippen LogP contribution in [0.25, 0.3) is 0 Å². The molecular formula is C10H16N4. The van der Waals surface area contributed by atoms with Gasteiger partial charge >= 0.3 is 0 Å². The molecule has 4 nitrogen and oxygen atoms in total. The molecule has 1 aromatic rings. The van der Waals surface area contributed by atoms with Gasteiger partial charge in [0.2, 0.25) is 5.95 Å². The highest BCUT2D eigenvalue weighted by molar-refractivity contribution is 5.30. The molecule has 0 amide bonds. The molecule has 0 saturated carbocycles. The topological polar surface area (TPSA) is 63.8 Å². The molecule has 1 aliphatic carbocycles. The fourth-order valence-electron chi connectivity index (χ4n) is 2.10. The van der Waals surface area contributed by atoms with Crippen LogP contribution in [0.1, 0.15) is 30.0 Å². The van der Waals surface area contributed by atoms with E-state index in [4.69, 9.17) is 5.73 Å². The summed E-state index contributed by atoms with van der Waals surface area (Å²) in [6.07, 6.45) is 5.40. The molecule has 14 heavy (non-hydrogen) atoms. The average molecular weight is 192 g/mol. The standard InChI is InChI=1S/C10H16N4/c1-12-5-7-3-2-4-8-6-13-10(11)14-9(7)8/h6-7,12H,2-5H2,1H3,(H2,11,13,14). The molecular weight excluding hydrogens is 176 g/mol. The number of fused-ring (bicyclic) bond motifs is 1. The van der Waals surface area contributed by atoms with Crippen molar-refractivity contribution < 1.29 is 0 Å². The molecule has 2 rings (SSSR count). The molecule has 1 aliphatic rings. The van der Waals surface area contributed by atoms with Crippen molar-refractivity contribution >= 4 is 5.95 Å². The summed E-state index contributed by atoms with van der Waals surface area (Å²) >= 11 is 0. The van der Waals surface area contributed by atoms with Crippen LogP contribution in [-0.4, -0.2) is 23.6 Å². The van der Waals surface area contributed by atoms with E-state index < -0.39 is 0 Å². The highest BCUT2D eigenvalue weighted by Gasteiger charge is 2.21. The van der Waals surface area contributed by atoms with Gasteiger partial charge in [-0.2, -0.15) is 0 Å². The van der Waals surface area contributed by atoms with Crippen LogP contribution in [0.5, 0.6) is 0 Å². The number of aromatic nitrogens is 2. The van der Waals surface area contributed by atoms with Gasteiger partial charge in [0, 0.05) is 18.7 Å². The van der Waals surface area contributed by atoms with E-state index in [1.807, 2.05) is 13.2 Å². The number of rotatable bonds is 2. The second-order valence-electron chi connectivity index (χ2n) is 3.79. The van der Waals surface area contributed by atoms with Crippen molar-refractivity contribution in [1.82, 2.24) is 15.3 Å². The number of nitrogens with zero attached hydrogens (tertiary/aromatic N) is 2. The number of nitrogen functional groups attached to an aromatic ring is 1. The molecule has 1 heterocycles. The summed E-state index contributed by atoms with van der Waals surface area (Å²) in [6.45, 7) is 0.976. The van der Waals surface area contributed by atoms with Crippen LogP contribution < -0.4 is 11.1 Å². The van der Waals surface area contributed by atoms with Crippen molar-refractivity contribution in [3.8, 4) is 0 Å². The quantitative estimate of drug-likeness (QED) is 0.724. The highest BCUT2D eigenvalue weighted by atomic mass is 15.0. The first-order chi connectivity index (χ1) is 6.81. The summed E-state index contributed by atoms with van der Waals surface area (Å²) in [5.41, 5.74) is 8.02. The van der Waals surface area contributed by atoms with Crippen molar-refractivity contribution in [3.05, 3.63) is 17.5 Å². The van der Waals surface area contributed by atoms with Gasteiger partial charge < -0.3 is 11.1 Å². The lowest BCUT2D eigenvalue weighted by atomic mass is 9.87. The van der Waals surface area contributed by atoms with E-state index in [1.165, 1.54) is 18.4 Å². The van der Waals surface area contributed by atoms with Crippen LogP contribution >= 0.6 is 0 Å². The largest absolute Gasteiger partial charge is 0.368 e. The highest BCUT2D eigenvalue weighted by Crippen LogP contribution is 2.29. The molecule has 0 bridgehead atoms. The molecule has 1 aromatic heterocycles. The fourth-order valence-corrected chi connectivity index (χ4v) is 2.10. The first-order valence-electron chi connectivity index (χ1n) is 5.07. The second-order valence-corrected chi connectivity index (χ2v) is 3.79. The monoisotopic (exact) mass is 192 g/mol. The predicted octanol–water partition coefficient (Wildman–Crippen LogP) is 0.698. The third-order valence-electron chi connectivity index (χ3n) is 2.75. The summed E-state index contributed by atoms with van der Waals surface area (Å²) < 4.78 is 0. The SMILES string of the molecule is CNCC1CCCc2cnc(N)nc21. The van der Waals surface area contributed by atoms with Gasteiger partial charge in [-0.05, 0) is 31.9 Å². The van der Waals surface area contributed by atoms with Gasteiger partial charge in [-0.1, -0.05) is 0 Å². The number of likely N-dealkylation sites (N-methyl/N-ethyl adjacent to an activating group) is 1. The van der Waals surface area contributed by atoms with Gasteiger partial charge in [0.25, 0.3) is 0 Å². The Morgan fingerprint density at radius 2 is 2.50 bits per heavy atom. The Balaban J connectivity index is 2.32. The van der Waals surface area contributed by atoms with Crippen LogP contribution in [0.3, 0.4) is 0 Å². The maximum absolute atomic E-state index is 5.60. The number of nitrogens with two attached hydrogens (primary N) is 1. The van der Waals surface area contributed by atoms with E-state index >= 15 is 0 Å². The first kappa shape index (κ1) is 9.40. The molecule has 76 valence electrons. The molecule has 1 unspecified atom stereocenters. The molecule has 4 heteroatoms. The van der Waals surface area contributed by atoms with Crippen LogP contribution in [0.15, 0.2) is 6.20 Å².